The zero-order valence-electron chi connectivity index (χ0n) is 4.55. The second-order valence-corrected chi connectivity index (χ2v) is 4.18. The predicted octanol–water partition coefficient (Wildman–Crippen LogP) is -1.60. The first-order valence-corrected chi connectivity index (χ1v) is 4.19. The van der Waals surface area contributed by atoms with Gasteiger partial charge in [-0.2, -0.15) is 8.42 Å². The fourth-order valence-corrected chi connectivity index (χ4v) is 2.03. The van der Waals surface area contributed by atoms with E-state index in [1.807, 2.05) is 0 Å². The number of sulfonamides is 1. The molecule has 4 heteroatoms. The molecule has 1 rings (SSSR count). The third-order valence-electron chi connectivity index (χ3n) is 1.31. The number of quaternary nitrogens is 1. The minimum absolute atomic E-state index is 0.311. The molecule has 0 radical (unpaired) electrons. The van der Waals surface area contributed by atoms with Gasteiger partial charge in [0.25, 0.3) is 10.0 Å². The van der Waals surface area contributed by atoms with Gasteiger partial charge < -0.3 is 4.31 Å². The minimum Gasteiger partial charge on any atom is -0.361 e. The number of nitrogens with one attached hydrogen (secondary N) is 1. The van der Waals surface area contributed by atoms with Crippen LogP contribution in [0.15, 0.2) is 0 Å². The van der Waals surface area contributed by atoms with Crippen molar-refractivity contribution < 1.29 is 12.7 Å². The summed E-state index contributed by atoms with van der Waals surface area (Å²) in [5.74, 6) is 0.311. The summed E-state index contributed by atoms with van der Waals surface area (Å²) in [5.41, 5.74) is 0. The maximum atomic E-state index is 10.7. The van der Waals surface area contributed by atoms with Crippen molar-refractivity contribution in [2.45, 2.75) is 6.42 Å². The molecule has 1 saturated heterocycles. The van der Waals surface area contributed by atoms with Crippen LogP contribution in [0.1, 0.15) is 6.42 Å². The fourth-order valence-electron chi connectivity index (χ4n) is 0.759. The maximum Gasteiger partial charge on any atom is 0.271 e. The quantitative estimate of drug-likeness (QED) is 0.406. The van der Waals surface area contributed by atoms with Crippen LogP contribution in [0.5, 0.6) is 0 Å². The fraction of sp³-hybridized carbons (Fsp3) is 0.750. The van der Waals surface area contributed by atoms with Crippen molar-refractivity contribution in [3.05, 3.63) is 7.05 Å². The third-order valence-corrected chi connectivity index (χ3v) is 3.22. The van der Waals surface area contributed by atoms with Gasteiger partial charge in [0.2, 0.25) is 0 Å². The Labute approximate surface area is 49.3 Å². The molecule has 48 valence electrons. The van der Waals surface area contributed by atoms with E-state index < -0.39 is 10.0 Å². The first kappa shape index (κ1) is 6.04. The van der Waals surface area contributed by atoms with E-state index in [4.69, 9.17) is 0 Å². The van der Waals surface area contributed by atoms with Crippen LogP contribution >= 0.6 is 0 Å². The van der Waals surface area contributed by atoms with Crippen molar-refractivity contribution >= 4 is 10.0 Å². The van der Waals surface area contributed by atoms with Gasteiger partial charge in [0.1, 0.15) is 5.75 Å². The summed E-state index contributed by atoms with van der Waals surface area (Å²) < 4.78 is 21.7. The molecule has 3 nitrogen and oxygen atoms in total. The molecule has 1 N–H and O–H groups in total. The van der Waals surface area contributed by atoms with Gasteiger partial charge >= 0.3 is 0 Å². The summed E-state index contributed by atoms with van der Waals surface area (Å²) >= 11 is 0. The summed E-state index contributed by atoms with van der Waals surface area (Å²) in [5, 5.41) is 0. The first-order chi connectivity index (χ1) is 3.63. The van der Waals surface area contributed by atoms with E-state index in [-0.39, 0.29) is 0 Å². The highest BCUT2D eigenvalue weighted by molar-refractivity contribution is 7.85. The average molecular weight is 135 g/mol. The van der Waals surface area contributed by atoms with Crippen LogP contribution in [-0.2, 0) is 10.0 Å². The summed E-state index contributed by atoms with van der Waals surface area (Å²) in [6.45, 7) is 0.669. The zero-order valence-corrected chi connectivity index (χ0v) is 5.37. The standard InChI is InChI=1S/C4H9NO2S/c1-5-3-2-4-8(5,6)7/h5H,1-4H2. The van der Waals surface area contributed by atoms with E-state index in [2.05, 4.69) is 7.05 Å². The summed E-state index contributed by atoms with van der Waals surface area (Å²) in [6.07, 6.45) is 0.765. The molecule has 1 atom stereocenters. The van der Waals surface area contributed by atoms with Gasteiger partial charge in [0.15, 0.2) is 0 Å². The Hall–Kier alpha value is -0.0900. The van der Waals surface area contributed by atoms with Crippen molar-refractivity contribution in [1.29, 1.82) is 0 Å². The van der Waals surface area contributed by atoms with Crippen LogP contribution in [0, 0.1) is 7.05 Å². The van der Waals surface area contributed by atoms with E-state index in [1.165, 1.54) is 0 Å². The number of hydrogen-bond donors (Lipinski definition) is 1. The highest BCUT2D eigenvalue weighted by Crippen LogP contribution is 1.89. The van der Waals surface area contributed by atoms with E-state index in [0.29, 0.717) is 16.6 Å². The molecule has 1 aliphatic heterocycles. The lowest BCUT2D eigenvalue weighted by molar-refractivity contribution is -0.706. The highest BCUT2D eigenvalue weighted by Gasteiger charge is 2.23. The van der Waals surface area contributed by atoms with Crippen molar-refractivity contribution in [2.24, 2.45) is 0 Å². The molecule has 0 aromatic heterocycles. The molecule has 0 bridgehead atoms. The zero-order chi connectivity index (χ0) is 6.20. The largest absolute Gasteiger partial charge is 0.361 e. The maximum absolute atomic E-state index is 10.7. The predicted molar refractivity (Wildman–Crippen MR) is 29.6 cm³/mol. The molecule has 1 unspecified atom stereocenters. The summed E-state index contributed by atoms with van der Waals surface area (Å²) in [4.78, 5) is 0. The van der Waals surface area contributed by atoms with Crippen LogP contribution in [0.3, 0.4) is 0 Å². The van der Waals surface area contributed by atoms with Crippen molar-refractivity contribution in [3.63, 3.8) is 0 Å². The van der Waals surface area contributed by atoms with Gasteiger partial charge in [0, 0.05) is 6.42 Å². The average Bonchev–Trinajstić information content (AvgIpc) is 1.86. The smallest absolute Gasteiger partial charge is 0.271 e. The van der Waals surface area contributed by atoms with Crippen molar-refractivity contribution in [3.8, 4) is 0 Å². The third kappa shape index (κ3) is 0.855. The Balaban J connectivity index is 2.85. The molecule has 8 heavy (non-hydrogen) atoms. The lowest BCUT2D eigenvalue weighted by Gasteiger charge is -2.08. The van der Waals surface area contributed by atoms with Gasteiger partial charge in [-0.25, -0.2) is 0 Å². The van der Waals surface area contributed by atoms with Crippen LogP contribution in [0.4, 0.5) is 0 Å². The van der Waals surface area contributed by atoms with Gasteiger partial charge in [-0.1, -0.05) is 0 Å². The Bertz CT molecular complexity index is 172. The van der Waals surface area contributed by atoms with Crippen LogP contribution in [-0.4, -0.2) is 20.7 Å². The lowest BCUT2D eigenvalue weighted by Crippen LogP contribution is -3.06. The van der Waals surface area contributed by atoms with Crippen molar-refractivity contribution in [2.75, 3.05) is 12.3 Å². The second-order valence-electron chi connectivity index (χ2n) is 1.96. The Kier molecular flexibility index (Phi) is 1.28. The van der Waals surface area contributed by atoms with Crippen LogP contribution < -0.4 is 4.31 Å². The molecular weight excluding hydrogens is 126 g/mol. The number of hydrogen-bond acceptors (Lipinski definition) is 2. The SMILES string of the molecule is [CH2-][NH+]1CCCS1(=O)=O. The van der Waals surface area contributed by atoms with Crippen LogP contribution in [0.2, 0.25) is 0 Å². The minimum atomic E-state index is -2.82. The van der Waals surface area contributed by atoms with Gasteiger partial charge in [0.05, 0.1) is 6.54 Å². The summed E-state index contributed by atoms with van der Waals surface area (Å²) in [7, 11) is 0.600. The number of rotatable bonds is 0. The first-order valence-electron chi connectivity index (χ1n) is 2.53. The van der Waals surface area contributed by atoms with E-state index in [1.54, 1.807) is 0 Å². The van der Waals surface area contributed by atoms with Gasteiger partial charge in [-0.15, -0.1) is 7.05 Å². The van der Waals surface area contributed by atoms with E-state index in [9.17, 15) is 8.42 Å². The van der Waals surface area contributed by atoms with Gasteiger partial charge in [-0.05, 0) is 0 Å². The molecule has 0 saturated carbocycles. The van der Waals surface area contributed by atoms with Crippen molar-refractivity contribution in [1.82, 2.24) is 0 Å². The molecule has 1 fully saturated rings. The van der Waals surface area contributed by atoms with Gasteiger partial charge in [-0.3, -0.25) is 0 Å². The van der Waals surface area contributed by atoms with E-state index in [0.717, 1.165) is 6.42 Å². The molecule has 0 aromatic carbocycles. The molecule has 1 heterocycles. The molecule has 0 spiro atoms. The lowest BCUT2D eigenvalue weighted by atomic mass is 10.5. The monoisotopic (exact) mass is 135 g/mol. The molecule has 0 amide bonds. The Morgan fingerprint density at radius 3 is 2.25 bits per heavy atom. The molecular formula is C4H9NO2S. The molecule has 0 aliphatic carbocycles. The normalized spacial score (nSPS) is 35.4. The Morgan fingerprint density at radius 2 is 2.12 bits per heavy atom. The molecule has 0 aromatic rings. The second kappa shape index (κ2) is 1.70. The summed E-state index contributed by atoms with van der Waals surface area (Å²) in [6, 6.07) is 0. The highest BCUT2D eigenvalue weighted by atomic mass is 32.2. The van der Waals surface area contributed by atoms with E-state index >= 15 is 0 Å². The topological polar surface area (TPSA) is 38.6 Å². The molecule has 1 aliphatic rings. The van der Waals surface area contributed by atoms with Crippen LogP contribution in [0.25, 0.3) is 0 Å². The Morgan fingerprint density at radius 1 is 1.50 bits per heavy atom.